The van der Waals surface area contributed by atoms with Crippen LogP contribution in [0.15, 0.2) is 33.5 Å². The minimum atomic E-state index is -0.940. The van der Waals surface area contributed by atoms with Crippen LogP contribution in [-0.4, -0.2) is 29.5 Å². The summed E-state index contributed by atoms with van der Waals surface area (Å²) in [5.74, 6) is 0.522. The van der Waals surface area contributed by atoms with Gasteiger partial charge < -0.3 is 19.4 Å². The minimum Gasteiger partial charge on any atom is -0.496 e. The van der Waals surface area contributed by atoms with Crippen molar-refractivity contribution in [3.8, 4) is 5.75 Å². The van der Waals surface area contributed by atoms with E-state index in [1.54, 1.807) is 25.1 Å². The molecule has 20 heavy (non-hydrogen) atoms. The van der Waals surface area contributed by atoms with Gasteiger partial charge in [0.05, 0.1) is 19.3 Å². The van der Waals surface area contributed by atoms with Crippen molar-refractivity contribution in [3.05, 3.63) is 40.2 Å². The van der Waals surface area contributed by atoms with E-state index in [2.05, 4.69) is 0 Å². The first-order chi connectivity index (χ1) is 9.56. The van der Waals surface area contributed by atoms with Crippen molar-refractivity contribution in [3.63, 3.8) is 0 Å². The highest BCUT2D eigenvalue weighted by Crippen LogP contribution is 2.28. The first kappa shape index (κ1) is 14.6. The number of ether oxygens (including phenoxy) is 1. The molecule has 1 heterocycles. The SMILES string of the molecule is CCC(O)C(O)Cc1c(OC)ccc2ccc(=O)oc12. The standard InChI is InChI=1S/C15H18O5/c1-3-11(16)12(17)8-10-13(19-2)6-4-9-5-7-14(18)20-15(9)10/h4-7,11-12,16-17H,3,8H2,1-2H3. The molecule has 0 saturated heterocycles. The lowest BCUT2D eigenvalue weighted by atomic mass is 9.99. The van der Waals surface area contributed by atoms with E-state index < -0.39 is 17.8 Å². The number of hydrogen-bond acceptors (Lipinski definition) is 5. The van der Waals surface area contributed by atoms with Crippen LogP contribution in [0.5, 0.6) is 5.75 Å². The van der Waals surface area contributed by atoms with E-state index in [1.807, 2.05) is 0 Å². The zero-order valence-electron chi connectivity index (χ0n) is 11.5. The van der Waals surface area contributed by atoms with Gasteiger partial charge in [-0.3, -0.25) is 0 Å². The smallest absolute Gasteiger partial charge is 0.336 e. The molecular weight excluding hydrogens is 260 g/mol. The number of fused-ring (bicyclic) bond motifs is 1. The summed E-state index contributed by atoms with van der Waals surface area (Å²) in [6.07, 6.45) is -1.17. The number of aliphatic hydroxyl groups excluding tert-OH is 2. The van der Waals surface area contributed by atoms with Crippen molar-refractivity contribution in [2.45, 2.75) is 32.0 Å². The fraction of sp³-hybridized carbons (Fsp3) is 0.400. The summed E-state index contributed by atoms with van der Waals surface area (Å²) in [5.41, 5.74) is 0.513. The van der Waals surface area contributed by atoms with Gasteiger partial charge in [0.15, 0.2) is 0 Å². The van der Waals surface area contributed by atoms with E-state index in [0.717, 1.165) is 5.39 Å². The summed E-state index contributed by atoms with van der Waals surface area (Å²) in [5, 5.41) is 20.4. The maximum absolute atomic E-state index is 11.4. The number of rotatable bonds is 5. The van der Waals surface area contributed by atoms with Crippen LogP contribution < -0.4 is 10.4 Å². The van der Waals surface area contributed by atoms with Crippen LogP contribution in [0.1, 0.15) is 18.9 Å². The molecule has 2 atom stereocenters. The molecule has 0 aliphatic rings. The predicted octanol–water partition coefficient (Wildman–Crippen LogP) is 1.48. The van der Waals surface area contributed by atoms with Crippen molar-refractivity contribution in [1.82, 2.24) is 0 Å². The van der Waals surface area contributed by atoms with Crippen LogP contribution in [0, 0.1) is 0 Å². The highest BCUT2D eigenvalue weighted by atomic mass is 16.5. The molecule has 0 spiro atoms. The largest absolute Gasteiger partial charge is 0.496 e. The molecule has 0 aliphatic heterocycles. The summed E-state index contributed by atoms with van der Waals surface area (Å²) >= 11 is 0. The van der Waals surface area contributed by atoms with Gasteiger partial charge in [-0.1, -0.05) is 6.92 Å². The summed E-state index contributed by atoms with van der Waals surface area (Å²) in [7, 11) is 1.51. The van der Waals surface area contributed by atoms with Gasteiger partial charge in [-0.2, -0.15) is 0 Å². The van der Waals surface area contributed by atoms with Crippen molar-refractivity contribution >= 4 is 11.0 Å². The number of hydrogen-bond donors (Lipinski definition) is 2. The van der Waals surface area contributed by atoms with Gasteiger partial charge in [-0.05, 0) is 24.6 Å². The Morgan fingerprint density at radius 3 is 2.55 bits per heavy atom. The monoisotopic (exact) mass is 278 g/mol. The van der Waals surface area contributed by atoms with Crippen LogP contribution in [0.3, 0.4) is 0 Å². The normalized spacial score (nSPS) is 14.2. The fourth-order valence-corrected chi connectivity index (χ4v) is 2.17. The zero-order valence-corrected chi connectivity index (χ0v) is 11.5. The van der Waals surface area contributed by atoms with E-state index in [1.165, 1.54) is 13.2 Å². The Balaban J connectivity index is 2.53. The van der Waals surface area contributed by atoms with Crippen LogP contribution in [0.2, 0.25) is 0 Å². The predicted molar refractivity (Wildman–Crippen MR) is 75.0 cm³/mol. The molecule has 2 N–H and O–H groups in total. The van der Waals surface area contributed by atoms with E-state index in [9.17, 15) is 15.0 Å². The van der Waals surface area contributed by atoms with Crippen molar-refractivity contribution in [2.24, 2.45) is 0 Å². The van der Waals surface area contributed by atoms with Gasteiger partial charge in [0.1, 0.15) is 11.3 Å². The zero-order chi connectivity index (χ0) is 14.7. The topological polar surface area (TPSA) is 79.9 Å². The van der Waals surface area contributed by atoms with Crippen molar-refractivity contribution in [2.75, 3.05) is 7.11 Å². The summed E-state index contributed by atoms with van der Waals surface area (Å²) in [6.45, 7) is 1.79. The summed E-state index contributed by atoms with van der Waals surface area (Å²) in [4.78, 5) is 11.4. The van der Waals surface area contributed by atoms with Crippen molar-refractivity contribution in [1.29, 1.82) is 0 Å². The molecule has 0 amide bonds. The number of methoxy groups -OCH3 is 1. The molecule has 2 unspecified atom stereocenters. The second kappa shape index (κ2) is 6.07. The second-order valence-corrected chi connectivity index (χ2v) is 4.67. The summed E-state index contributed by atoms with van der Waals surface area (Å²) in [6, 6.07) is 6.54. The lowest BCUT2D eigenvalue weighted by molar-refractivity contribution is 0.0179. The molecule has 1 aromatic heterocycles. The molecule has 2 rings (SSSR count). The average Bonchev–Trinajstić information content (AvgIpc) is 2.46. The molecule has 0 bridgehead atoms. The number of benzene rings is 1. The Labute approximate surface area is 116 Å². The lowest BCUT2D eigenvalue weighted by Gasteiger charge is -2.18. The van der Waals surface area contributed by atoms with E-state index in [0.29, 0.717) is 23.3 Å². The van der Waals surface area contributed by atoms with Gasteiger partial charge in [-0.25, -0.2) is 4.79 Å². The average molecular weight is 278 g/mol. The highest BCUT2D eigenvalue weighted by molar-refractivity contribution is 5.82. The van der Waals surface area contributed by atoms with E-state index in [4.69, 9.17) is 9.15 Å². The van der Waals surface area contributed by atoms with Crippen LogP contribution in [0.25, 0.3) is 11.0 Å². The van der Waals surface area contributed by atoms with Crippen LogP contribution in [0.4, 0.5) is 0 Å². The molecule has 2 aromatic rings. The maximum Gasteiger partial charge on any atom is 0.336 e. The Kier molecular flexibility index (Phi) is 4.42. The molecule has 0 radical (unpaired) electrons. The third-order valence-corrected chi connectivity index (χ3v) is 3.35. The first-order valence-electron chi connectivity index (χ1n) is 6.52. The van der Waals surface area contributed by atoms with Crippen LogP contribution >= 0.6 is 0 Å². The minimum absolute atomic E-state index is 0.155. The van der Waals surface area contributed by atoms with Crippen molar-refractivity contribution < 1.29 is 19.4 Å². The van der Waals surface area contributed by atoms with E-state index >= 15 is 0 Å². The summed E-state index contributed by atoms with van der Waals surface area (Å²) < 4.78 is 10.5. The number of aliphatic hydroxyl groups is 2. The third-order valence-electron chi connectivity index (χ3n) is 3.35. The van der Waals surface area contributed by atoms with Gasteiger partial charge in [0.2, 0.25) is 0 Å². The van der Waals surface area contributed by atoms with Gasteiger partial charge >= 0.3 is 5.63 Å². The first-order valence-corrected chi connectivity index (χ1v) is 6.52. The van der Waals surface area contributed by atoms with Crippen LogP contribution in [-0.2, 0) is 6.42 Å². The lowest BCUT2D eigenvalue weighted by Crippen LogP contribution is -2.27. The molecular formula is C15H18O5. The van der Waals surface area contributed by atoms with Gasteiger partial charge in [0, 0.05) is 23.4 Å². The molecule has 1 aromatic carbocycles. The highest BCUT2D eigenvalue weighted by Gasteiger charge is 2.20. The third kappa shape index (κ3) is 2.84. The molecule has 5 heteroatoms. The molecule has 0 fully saturated rings. The Bertz CT molecular complexity index is 646. The Morgan fingerprint density at radius 2 is 1.90 bits per heavy atom. The molecule has 0 saturated carbocycles. The Hall–Kier alpha value is -1.85. The van der Waals surface area contributed by atoms with E-state index in [-0.39, 0.29) is 6.42 Å². The Morgan fingerprint density at radius 1 is 1.20 bits per heavy atom. The molecule has 5 nitrogen and oxygen atoms in total. The second-order valence-electron chi connectivity index (χ2n) is 4.67. The molecule has 0 aliphatic carbocycles. The quantitative estimate of drug-likeness (QED) is 0.810. The van der Waals surface area contributed by atoms with Gasteiger partial charge in [-0.15, -0.1) is 0 Å². The van der Waals surface area contributed by atoms with Gasteiger partial charge in [0.25, 0.3) is 0 Å². The molecule has 108 valence electrons. The fourth-order valence-electron chi connectivity index (χ4n) is 2.17. The maximum atomic E-state index is 11.4.